The van der Waals surface area contributed by atoms with Gasteiger partial charge in [-0.1, -0.05) is 30.3 Å². The third-order valence-corrected chi connectivity index (χ3v) is 4.46. The van der Waals surface area contributed by atoms with E-state index in [2.05, 4.69) is 10.3 Å². The SMILES string of the molecule is C[C@H](OC(=O)c1csc(-c2ccccc2)n1)C(=O)Nc1cc(F)ccc1F. The highest BCUT2D eigenvalue weighted by Gasteiger charge is 2.22. The molecule has 1 N–H and O–H groups in total. The van der Waals surface area contributed by atoms with Gasteiger partial charge in [0.1, 0.15) is 16.6 Å². The van der Waals surface area contributed by atoms with Gasteiger partial charge in [-0.25, -0.2) is 18.6 Å². The van der Waals surface area contributed by atoms with E-state index in [9.17, 15) is 18.4 Å². The van der Waals surface area contributed by atoms with Crippen LogP contribution in [0.25, 0.3) is 10.6 Å². The summed E-state index contributed by atoms with van der Waals surface area (Å²) in [7, 11) is 0. The van der Waals surface area contributed by atoms with E-state index in [1.807, 2.05) is 30.3 Å². The second-order valence-corrected chi connectivity index (χ2v) is 6.42. The second kappa shape index (κ2) is 8.05. The molecule has 1 aromatic heterocycles. The Hall–Kier alpha value is -3.13. The van der Waals surface area contributed by atoms with Gasteiger partial charge in [0.15, 0.2) is 11.8 Å². The van der Waals surface area contributed by atoms with Crippen molar-refractivity contribution in [1.82, 2.24) is 4.98 Å². The highest BCUT2D eigenvalue weighted by molar-refractivity contribution is 7.13. The molecular formula is C19H14F2N2O3S. The van der Waals surface area contributed by atoms with Gasteiger partial charge in [0.2, 0.25) is 0 Å². The number of carbonyl (C=O) groups excluding carboxylic acids is 2. The largest absolute Gasteiger partial charge is 0.448 e. The molecule has 0 aliphatic rings. The van der Waals surface area contributed by atoms with E-state index in [0.717, 1.165) is 23.8 Å². The Labute approximate surface area is 157 Å². The molecule has 2 aromatic carbocycles. The summed E-state index contributed by atoms with van der Waals surface area (Å²) in [6, 6.07) is 12.0. The Balaban J connectivity index is 1.64. The van der Waals surface area contributed by atoms with E-state index in [-0.39, 0.29) is 11.4 Å². The van der Waals surface area contributed by atoms with E-state index in [0.29, 0.717) is 5.01 Å². The Morgan fingerprint density at radius 3 is 2.63 bits per heavy atom. The number of anilines is 1. The Morgan fingerprint density at radius 1 is 1.15 bits per heavy atom. The first-order chi connectivity index (χ1) is 12.9. The number of carbonyl (C=O) groups is 2. The van der Waals surface area contributed by atoms with Crippen LogP contribution in [0.15, 0.2) is 53.9 Å². The number of hydrogen-bond acceptors (Lipinski definition) is 5. The smallest absolute Gasteiger partial charge is 0.358 e. The molecule has 0 aliphatic carbocycles. The van der Waals surface area contributed by atoms with Gasteiger partial charge in [-0.2, -0.15) is 0 Å². The summed E-state index contributed by atoms with van der Waals surface area (Å²) in [4.78, 5) is 28.5. The number of hydrogen-bond donors (Lipinski definition) is 1. The quantitative estimate of drug-likeness (QED) is 0.663. The summed E-state index contributed by atoms with van der Waals surface area (Å²) in [6.07, 6.45) is -1.22. The number of aromatic nitrogens is 1. The molecule has 0 spiro atoms. The second-order valence-electron chi connectivity index (χ2n) is 5.56. The van der Waals surface area contributed by atoms with E-state index in [1.54, 1.807) is 0 Å². The molecule has 138 valence electrons. The number of amides is 1. The average molecular weight is 388 g/mol. The van der Waals surface area contributed by atoms with Gasteiger partial charge in [-0.15, -0.1) is 11.3 Å². The monoisotopic (exact) mass is 388 g/mol. The summed E-state index contributed by atoms with van der Waals surface area (Å²) in [5, 5.41) is 4.36. The van der Waals surface area contributed by atoms with Crippen LogP contribution in [0.3, 0.4) is 0 Å². The number of benzene rings is 2. The molecule has 0 saturated carbocycles. The molecule has 1 heterocycles. The fourth-order valence-corrected chi connectivity index (χ4v) is 2.98. The molecule has 27 heavy (non-hydrogen) atoms. The molecule has 0 radical (unpaired) electrons. The average Bonchev–Trinajstić information content (AvgIpc) is 3.15. The zero-order valence-corrected chi connectivity index (χ0v) is 14.9. The Bertz CT molecular complexity index is 976. The maximum atomic E-state index is 13.6. The van der Waals surface area contributed by atoms with Gasteiger partial charge in [0.05, 0.1) is 5.69 Å². The molecule has 3 aromatic rings. The fourth-order valence-electron chi connectivity index (χ4n) is 2.18. The summed E-state index contributed by atoms with van der Waals surface area (Å²) in [5.74, 6) is -3.07. The zero-order chi connectivity index (χ0) is 19.4. The van der Waals surface area contributed by atoms with Crippen LogP contribution in [-0.2, 0) is 9.53 Å². The van der Waals surface area contributed by atoms with E-state index >= 15 is 0 Å². The molecule has 1 atom stereocenters. The van der Waals surface area contributed by atoms with Crippen LogP contribution in [0.5, 0.6) is 0 Å². The summed E-state index contributed by atoms with van der Waals surface area (Å²) in [5.41, 5.74) is 0.590. The molecule has 0 fully saturated rings. The predicted molar refractivity (Wildman–Crippen MR) is 97.4 cm³/mol. The van der Waals surface area contributed by atoms with Gasteiger partial charge in [0.25, 0.3) is 5.91 Å². The minimum absolute atomic E-state index is 0.0652. The van der Waals surface area contributed by atoms with Crippen LogP contribution in [0.2, 0.25) is 0 Å². The number of esters is 1. The maximum absolute atomic E-state index is 13.6. The Morgan fingerprint density at radius 2 is 1.89 bits per heavy atom. The normalized spacial score (nSPS) is 11.7. The van der Waals surface area contributed by atoms with Crippen molar-refractivity contribution in [3.05, 3.63) is 71.2 Å². The summed E-state index contributed by atoms with van der Waals surface area (Å²) < 4.78 is 31.8. The zero-order valence-electron chi connectivity index (χ0n) is 14.1. The van der Waals surface area contributed by atoms with Gasteiger partial charge < -0.3 is 10.1 Å². The molecule has 1 amide bonds. The van der Waals surface area contributed by atoms with Crippen molar-refractivity contribution in [2.75, 3.05) is 5.32 Å². The number of rotatable bonds is 5. The number of thiazole rings is 1. The van der Waals surface area contributed by atoms with Crippen LogP contribution in [0.4, 0.5) is 14.5 Å². The number of halogens is 2. The van der Waals surface area contributed by atoms with Gasteiger partial charge >= 0.3 is 5.97 Å². The van der Waals surface area contributed by atoms with E-state index in [4.69, 9.17) is 4.74 Å². The summed E-state index contributed by atoms with van der Waals surface area (Å²) in [6.45, 7) is 1.33. The van der Waals surface area contributed by atoms with Crippen LogP contribution < -0.4 is 5.32 Å². The standard InChI is InChI=1S/C19H14F2N2O3S/c1-11(17(24)22-15-9-13(20)7-8-14(15)21)26-19(25)16-10-27-18(23-16)12-5-3-2-4-6-12/h2-11H,1H3,(H,22,24)/t11-/m0/s1. The van der Waals surface area contributed by atoms with Crippen molar-refractivity contribution in [2.24, 2.45) is 0 Å². The maximum Gasteiger partial charge on any atom is 0.358 e. The number of nitrogens with zero attached hydrogens (tertiary/aromatic N) is 1. The van der Waals surface area contributed by atoms with Crippen LogP contribution in [-0.4, -0.2) is 23.0 Å². The lowest BCUT2D eigenvalue weighted by Crippen LogP contribution is -2.30. The van der Waals surface area contributed by atoms with Crippen molar-refractivity contribution in [3.8, 4) is 10.6 Å². The molecule has 5 nitrogen and oxygen atoms in total. The minimum atomic E-state index is -1.22. The molecule has 0 aliphatic heterocycles. The highest BCUT2D eigenvalue weighted by atomic mass is 32.1. The molecule has 3 rings (SSSR count). The Kier molecular flexibility index (Phi) is 5.56. The van der Waals surface area contributed by atoms with Gasteiger partial charge in [-0.3, -0.25) is 4.79 Å². The van der Waals surface area contributed by atoms with Crippen LogP contribution in [0, 0.1) is 11.6 Å². The third kappa shape index (κ3) is 4.53. The van der Waals surface area contributed by atoms with Crippen molar-refractivity contribution < 1.29 is 23.1 Å². The molecular weight excluding hydrogens is 374 g/mol. The first-order valence-electron chi connectivity index (χ1n) is 7.92. The minimum Gasteiger partial charge on any atom is -0.448 e. The molecule has 0 bridgehead atoms. The molecule has 8 heteroatoms. The lowest BCUT2D eigenvalue weighted by molar-refractivity contribution is -0.123. The third-order valence-electron chi connectivity index (χ3n) is 3.57. The van der Waals surface area contributed by atoms with Gasteiger partial charge in [0, 0.05) is 17.0 Å². The molecule has 0 unspecified atom stereocenters. The lowest BCUT2D eigenvalue weighted by atomic mass is 10.2. The lowest BCUT2D eigenvalue weighted by Gasteiger charge is -2.13. The highest BCUT2D eigenvalue weighted by Crippen LogP contribution is 2.24. The first kappa shape index (κ1) is 18.7. The van der Waals surface area contributed by atoms with E-state index < -0.39 is 29.6 Å². The van der Waals surface area contributed by atoms with Crippen LogP contribution >= 0.6 is 11.3 Å². The van der Waals surface area contributed by atoms with Crippen molar-refractivity contribution in [2.45, 2.75) is 13.0 Å². The first-order valence-corrected chi connectivity index (χ1v) is 8.80. The van der Waals surface area contributed by atoms with Gasteiger partial charge in [-0.05, 0) is 19.1 Å². The van der Waals surface area contributed by atoms with E-state index in [1.165, 1.54) is 23.6 Å². The number of ether oxygens (including phenoxy) is 1. The molecule has 0 saturated heterocycles. The fraction of sp³-hybridized carbons (Fsp3) is 0.105. The number of nitrogens with one attached hydrogen (secondary N) is 1. The predicted octanol–water partition coefficient (Wildman–Crippen LogP) is 4.27. The summed E-state index contributed by atoms with van der Waals surface area (Å²) >= 11 is 1.27. The van der Waals surface area contributed by atoms with Crippen molar-refractivity contribution in [3.63, 3.8) is 0 Å². The van der Waals surface area contributed by atoms with Crippen molar-refractivity contribution >= 4 is 28.9 Å². The topological polar surface area (TPSA) is 68.3 Å². The van der Waals surface area contributed by atoms with Crippen molar-refractivity contribution in [1.29, 1.82) is 0 Å². The van der Waals surface area contributed by atoms with Crippen LogP contribution in [0.1, 0.15) is 17.4 Å².